The molecular weight excluding hydrogens is 205 g/mol. The second-order valence-corrected chi connectivity index (χ2v) is 4.07. The Morgan fingerprint density at radius 1 is 1.43 bits per heavy atom. The van der Waals surface area contributed by atoms with E-state index in [1.165, 1.54) is 11.9 Å². The SMILES string of the molecule is CCOP(=O)(C=CCN=[N+]=[N-])OCC. The van der Waals surface area contributed by atoms with E-state index in [1.807, 2.05) is 0 Å². The van der Waals surface area contributed by atoms with E-state index in [0.29, 0.717) is 13.2 Å². The Morgan fingerprint density at radius 2 is 2.00 bits per heavy atom. The summed E-state index contributed by atoms with van der Waals surface area (Å²) >= 11 is 0. The lowest BCUT2D eigenvalue weighted by atomic mass is 10.7. The normalized spacial score (nSPS) is 11.6. The molecule has 0 aromatic rings. The Labute approximate surface area is 83.1 Å². The van der Waals surface area contributed by atoms with E-state index in [4.69, 9.17) is 14.6 Å². The van der Waals surface area contributed by atoms with Crippen LogP contribution in [0, 0.1) is 0 Å². The van der Waals surface area contributed by atoms with Crippen molar-refractivity contribution in [2.45, 2.75) is 13.8 Å². The predicted octanol–water partition coefficient (Wildman–Crippen LogP) is 3.08. The van der Waals surface area contributed by atoms with Gasteiger partial charge < -0.3 is 9.05 Å². The maximum absolute atomic E-state index is 11.7. The van der Waals surface area contributed by atoms with Crippen molar-refractivity contribution in [2.75, 3.05) is 19.8 Å². The summed E-state index contributed by atoms with van der Waals surface area (Å²) in [4.78, 5) is 2.55. The highest BCUT2D eigenvalue weighted by molar-refractivity contribution is 7.57. The molecule has 0 bridgehead atoms. The molecule has 0 saturated heterocycles. The van der Waals surface area contributed by atoms with Crippen molar-refractivity contribution < 1.29 is 13.6 Å². The van der Waals surface area contributed by atoms with Crippen molar-refractivity contribution in [3.63, 3.8) is 0 Å². The van der Waals surface area contributed by atoms with E-state index >= 15 is 0 Å². The highest BCUT2D eigenvalue weighted by atomic mass is 31.2. The summed E-state index contributed by atoms with van der Waals surface area (Å²) < 4.78 is 21.6. The fourth-order valence-electron chi connectivity index (χ4n) is 0.743. The first-order chi connectivity index (χ1) is 6.68. The minimum absolute atomic E-state index is 0.140. The molecular formula is C7H14N3O3P. The van der Waals surface area contributed by atoms with Crippen molar-refractivity contribution in [1.82, 2.24) is 0 Å². The average molecular weight is 219 g/mol. The van der Waals surface area contributed by atoms with Gasteiger partial charge in [0, 0.05) is 17.3 Å². The molecule has 0 heterocycles. The minimum atomic E-state index is -3.12. The van der Waals surface area contributed by atoms with E-state index in [2.05, 4.69) is 10.0 Å². The maximum Gasteiger partial charge on any atom is 0.353 e. The van der Waals surface area contributed by atoms with Crippen LogP contribution in [0.3, 0.4) is 0 Å². The molecule has 0 spiro atoms. The van der Waals surface area contributed by atoms with Crippen LogP contribution < -0.4 is 0 Å². The van der Waals surface area contributed by atoms with Gasteiger partial charge in [-0.25, -0.2) is 0 Å². The van der Waals surface area contributed by atoms with Gasteiger partial charge in [-0.2, -0.15) is 0 Å². The molecule has 0 aliphatic rings. The summed E-state index contributed by atoms with van der Waals surface area (Å²) in [5, 5.41) is 3.26. The van der Waals surface area contributed by atoms with Crippen LogP contribution in [0.4, 0.5) is 0 Å². The Morgan fingerprint density at radius 3 is 2.43 bits per heavy atom. The Hall–Kier alpha value is -0.800. The smallest absolute Gasteiger partial charge is 0.306 e. The van der Waals surface area contributed by atoms with Crippen molar-refractivity contribution >= 4 is 7.60 Å². The van der Waals surface area contributed by atoms with Gasteiger partial charge in [0.25, 0.3) is 0 Å². The lowest BCUT2D eigenvalue weighted by molar-refractivity contribution is 0.229. The molecule has 0 aliphatic heterocycles. The Kier molecular flexibility index (Phi) is 7.16. The van der Waals surface area contributed by atoms with Crippen LogP contribution >= 0.6 is 7.60 Å². The van der Waals surface area contributed by atoms with Crippen LogP contribution in [0.15, 0.2) is 17.0 Å². The first-order valence-corrected chi connectivity index (χ1v) is 5.87. The highest BCUT2D eigenvalue weighted by Crippen LogP contribution is 2.49. The zero-order chi connectivity index (χ0) is 10.9. The number of hydrogen-bond acceptors (Lipinski definition) is 4. The average Bonchev–Trinajstić information content (AvgIpc) is 2.13. The van der Waals surface area contributed by atoms with Gasteiger partial charge in [-0.1, -0.05) is 11.2 Å². The van der Waals surface area contributed by atoms with Crippen LogP contribution in [0.1, 0.15) is 13.8 Å². The first-order valence-electron chi connectivity index (χ1n) is 4.26. The van der Waals surface area contributed by atoms with E-state index in [1.54, 1.807) is 13.8 Å². The van der Waals surface area contributed by atoms with Gasteiger partial charge in [0.2, 0.25) is 0 Å². The second kappa shape index (κ2) is 7.59. The van der Waals surface area contributed by atoms with Gasteiger partial charge in [0.15, 0.2) is 0 Å². The summed E-state index contributed by atoms with van der Waals surface area (Å²) in [5.74, 6) is 1.31. The molecule has 14 heavy (non-hydrogen) atoms. The zero-order valence-corrected chi connectivity index (χ0v) is 9.18. The van der Waals surface area contributed by atoms with Crippen LogP contribution in [0.25, 0.3) is 10.4 Å². The third-order valence-corrected chi connectivity index (χ3v) is 2.97. The third kappa shape index (κ3) is 5.78. The minimum Gasteiger partial charge on any atom is -0.306 e. The molecule has 0 amide bonds. The maximum atomic E-state index is 11.7. The summed E-state index contributed by atoms with van der Waals surface area (Å²) in [6.45, 7) is 4.22. The molecule has 0 radical (unpaired) electrons. The second-order valence-electron chi connectivity index (χ2n) is 2.17. The molecule has 0 atom stereocenters. The molecule has 0 aliphatic carbocycles. The van der Waals surface area contributed by atoms with Crippen LogP contribution in [0.5, 0.6) is 0 Å². The van der Waals surface area contributed by atoms with Gasteiger partial charge in [-0.3, -0.25) is 4.57 Å². The lowest BCUT2D eigenvalue weighted by Crippen LogP contribution is -1.92. The monoisotopic (exact) mass is 219 g/mol. The quantitative estimate of drug-likeness (QED) is 0.285. The van der Waals surface area contributed by atoms with E-state index in [0.717, 1.165) is 0 Å². The predicted molar refractivity (Wildman–Crippen MR) is 54.0 cm³/mol. The number of azide groups is 1. The molecule has 6 nitrogen and oxygen atoms in total. The lowest BCUT2D eigenvalue weighted by Gasteiger charge is -2.11. The Balaban J connectivity index is 4.27. The van der Waals surface area contributed by atoms with Gasteiger partial charge >= 0.3 is 7.60 Å². The fourth-order valence-corrected chi connectivity index (χ4v) is 2.06. The van der Waals surface area contributed by atoms with Gasteiger partial charge in [0.05, 0.1) is 13.2 Å². The summed E-state index contributed by atoms with van der Waals surface area (Å²) in [6.07, 6.45) is 1.46. The third-order valence-electron chi connectivity index (χ3n) is 1.16. The molecule has 7 heteroatoms. The summed E-state index contributed by atoms with van der Waals surface area (Å²) in [7, 11) is -3.12. The van der Waals surface area contributed by atoms with Gasteiger partial charge in [-0.05, 0) is 19.4 Å². The summed E-state index contributed by atoms with van der Waals surface area (Å²) in [5.41, 5.74) is 8.00. The van der Waals surface area contributed by atoms with Crippen molar-refractivity contribution in [3.8, 4) is 0 Å². The molecule has 0 rings (SSSR count). The zero-order valence-electron chi connectivity index (χ0n) is 8.29. The van der Waals surface area contributed by atoms with Gasteiger partial charge in [0.1, 0.15) is 0 Å². The van der Waals surface area contributed by atoms with Crippen molar-refractivity contribution in [2.24, 2.45) is 5.11 Å². The van der Waals surface area contributed by atoms with E-state index < -0.39 is 7.60 Å². The van der Waals surface area contributed by atoms with Crippen LogP contribution in [-0.4, -0.2) is 19.8 Å². The molecule has 0 aromatic heterocycles. The van der Waals surface area contributed by atoms with Crippen LogP contribution in [0.2, 0.25) is 0 Å². The molecule has 0 unspecified atom stereocenters. The fraction of sp³-hybridized carbons (Fsp3) is 0.714. The van der Waals surface area contributed by atoms with Crippen molar-refractivity contribution in [1.29, 1.82) is 0 Å². The number of rotatable bonds is 7. The highest BCUT2D eigenvalue weighted by Gasteiger charge is 2.18. The summed E-state index contributed by atoms with van der Waals surface area (Å²) in [6, 6.07) is 0. The number of hydrogen-bond donors (Lipinski definition) is 0. The number of nitrogens with zero attached hydrogens (tertiary/aromatic N) is 3. The molecule has 80 valence electrons. The van der Waals surface area contributed by atoms with E-state index in [-0.39, 0.29) is 6.54 Å². The molecule has 0 N–H and O–H groups in total. The first kappa shape index (κ1) is 13.2. The Bertz CT molecular complexity index is 263. The molecule has 0 aromatic carbocycles. The van der Waals surface area contributed by atoms with Gasteiger partial charge in [-0.15, -0.1) is 0 Å². The molecule has 0 saturated carbocycles. The topological polar surface area (TPSA) is 84.3 Å². The molecule has 0 fully saturated rings. The van der Waals surface area contributed by atoms with Crippen molar-refractivity contribution in [3.05, 3.63) is 22.3 Å². The van der Waals surface area contributed by atoms with Crippen LogP contribution in [-0.2, 0) is 13.6 Å². The van der Waals surface area contributed by atoms with E-state index in [9.17, 15) is 4.57 Å². The largest absolute Gasteiger partial charge is 0.353 e. The standard InChI is InChI=1S/C7H14N3O3P/c1-3-12-14(11,13-4-2)7-5-6-9-10-8/h5,7H,3-4,6H2,1-2H3.